The first-order valence-electron chi connectivity index (χ1n) is 9.30. The molecule has 27 heavy (non-hydrogen) atoms. The number of H-pyrrole nitrogens is 1. The number of carbonyl (C=O) groups is 1. The summed E-state index contributed by atoms with van der Waals surface area (Å²) in [5, 5.41) is 0.0451. The summed E-state index contributed by atoms with van der Waals surface area (Å²) in [6.45, 7) is 11.4. The number of aromatic amines is 1. The van der Waals surface area contributed by atoms with Crippen molar-refractivity contribution in [3.63, 3.8) is 0 Å². The van der Waals surface area contributed by atoms with Crippen LogP contribution in [-0.4, -0.2) is 26.5 Å². The molecule has 1 unspecified atom stereocenters. The number of amides is 1. The number of fused-ring (bicyclic) bond motifs is 1. The first-order chi connectivity index (χ1) is 12.9. The average Bonchev–Trinajstić information content (AvgIpc) is 3.23. The summed E-state index contributed by atoms with van der Waals surface area (Å²) in [5.74, 6) is 1.54. The smallest absolute Gasteiger partial charge is 0.234 e. The molecule has 2 heterocycles. The maximum absolute atomic E-state index is 12.7. The lowest BCUT2D eigenvalue weighted by molar-refractivity contribution is -0.128. The van der Waals surface area contributed by atoms with Gasteiger partial charge in [-0.2, -0.15) is 0 Å². The van der Waals surface area contributed by atoms with Crippen LogP contribution in [0.1, 0.15) is 44.6 Å². The van der Waals surface area contributed by atoms with E-state index in [1.54, 1.807) is 11.8 Å². The van der Waals surface area contributed by atoms with Crippen LogP contribution >= 0.6 is 11.8 Å². The summed E-state index contributed by atoms with van der Waals surface area (Å²) < 4.78 is 0. The highest BCUT2D eigenvalue weighted by Gasteiger charge is 2.36. The molecule has 0 spiro atoms. The van der Waals surface area contributed by atoms with E-state index < -0.39 is 0 Å². The van der Waals surface area contributed by atoms with Gasteiger partial charge in [0.2, 0.25) is 5.91 Å². The van der Waals surface area contributed by atoms with Gasteiger partial charge in [-0.25, -0.2) is 4.98 Å². The molecule has 5 heteroatoms. The monoisotopic (exact) mass is 379 g/mol. The minimum Gasteiger partial charge on any atom is -0.340 e. The highest BCUT2D eigenvalue weighted by molar-refractivity contribution is 8.00. The van der Waals surface area contributed by atoms with E-state index >= 15 is 0 Å². The Kier molecular flexibility index (Phi) is 4.50. The van der Waals surface area contributed by atoms with Crippen LogP contribution < -0.4 is 0 Å². The van der Waals surface area contributed by atoms with Gasteiger partial charge in [0.05, 0.1) is 23.3 Å². The van der Waals surface area contributed by atoms with Gasteiger partial charge in [0, 0.05) is 0 Å². The molecule has 1 N–H and O–H groups in total. The Hall–Kier alpha value is -2.27. The summed E-state index contributed by atoms with van der Waals surface area (Å²) >= 11 is 1.72. The number of aromatic nitrogens is 2. The predicted octanol–water partition coefficient (Wildman–Crippen LogP) is 4.88. The molecule has 140 valence electrons. The molecule has 4 nitrogen and oxygen atoms in total. The third-order valence-electron chi connectivity index (χ3n) is 6.03. The summed E-state index contributed by atoms with van der Waals surface area (Å²) in [5.41, 5.74) is 9.87. The number of rotatable bonds is 3. The van der Waals surface area contributed by atoms with E-state index in [-0.39, 0.29) is 11.3 Å². The van der Waals surface area contributed by atoms with Gasteiger partial charge in [0.15, 0.2) is 0 Å². The Bertz CT molecular complexity index is 991. The van der Waals surface area contributed by atoms with Gasteiger partial charge in [-0.1, -0.05) is 12.1 Å². The lowest BCUT2D eigenvalue weighted by Gasteiger charge is -2.28. The van der Waals surface area contributed by atoms with Crippen molar-refractivity contribution in [1.82, 2.24) is 14.9 Å². The van der Waals surface area contributed by atoms with Crippen LogP contribution in [0.3, 0.4) is 0 Å². The fourth-order valence-electron chi connectivity index (χ4n) is 4.01. The van der Waals surface area contributed by atoms with Crippen molar-refractivity contribution in [2.45, 2.75) is 46.5 Å². The molecule has 0 saturated carbocycles. The molecule has 0 aliphatic carbocycles. The normalized spacial score (nSPS) is 17.3. The number of nitrogens with one attached hydrogen (secondary N) is 1. The highest BCUT2D eigenvalue weighted by Crippen LogP contribution is 2.44. The second-order valence-electron chi connectivity index (χ2n) is 7.42. The molecule has 1 amide bonds. The second-order valence-corrected chi connectivity index (χ2v) is 8.49. The molecular formula is C22H25N3OS. The molecule has 0 bridgehead atoms. The zero-order valence-corrected chi connectivity index (χ0v) is 17.3. The number of nitrogens with zero attached hydrogens (tertiary/aromatic N) is 2. The van der Waals surface area contributed by atoms with Crippen molar-refractivity contribution in [3.05, 3.63) is 63.5 Å². The molecule has 3 aromatic rings. The van der Waals surface area contributed by atoms with E-state index in [0.29, 0.717) is 12.3 Å². The van der Waals surface area contributed by atoms with Gasteiger partial charge in [0.25, 0.3) is 0 Å². The van der Waals surface area contributed by atoms with Gasteiger partial charge in [-0.05, 0) is 80.1 Å². The van der Waals surface area contributed by atoms with Crippen molar-refractivity contribution in [1.29, 1.82) is 0 Å². The largest absolute Gasteiger partial charge is 0.340 e. The van der Waals surface area contributed by atoms with E-state index in [0.717, 1.165) is 16.9 Å². The van der Waals surface area contributed by atoms with Gasteiger partial charge < -0.3 is 9.88 Å². The fraction of sp³-hybridized carbons (Fsp3) is 0.364. The summed E-state index contributed by atoms with van der Waals surface area (Å²) in [6, 6.07) is 7.99. The summed E-state index contributed by atoms with van der Waals surface area (Å²) in [4.78, 5) is 22.7. The van der Waals surface area contributed by atoms with Crippen LogP contribution in [0.4, 0.5) is 0 Å². The van der Waals surface area contributed by atoms with Crippen LogP contribution in [0, 0.1) is 34.6 Å². The Balaban J connectivity index is 1.74. The van der Waals surface area contributed by atoms with Crippen LogP contribution in [0.25, 0.3) is 11.0 Å². The molecule has 1 atom stereocenters. The zero-order valence-electron chi connectivity index (χ0n) is 16.5. The maximum Gasteiger partial charge on any atom is 0.234 e. The van der Waals surface area contributed by atoms with Crippen molar-refractivity contribution in [2.24, 2.45) is 0 Å². The van der Waals surface area contributed by atoms with Gasteiger partial charge >= 0.3 is 0 Å². The Morgan fingerprint density at radius 3 is 2.33 bits per heavy atom. The fourth-order valence-corrected chi connectivity index (χ4v) is 5.36. The van der Waals surface area contributed by atoms with E-state index in [4.69, 9.17) is 0 Å². The topological polar surface area (TPSA) is 49.0 Å². The first kappa shape index (κ1) is 18.1. The molecule has 2 aromatic carbocycles. The predicted molar refractivity (Wildman–Crippen MR) is 112 cm³/mol. The number of carbonyl (C=O) groups excluding carboxylic acids is 1. The van der Waals surface area contributed by atoms with Crippen molar-refractivity contribution >= 4 is 28.7 Å². The van der Waals surface area contributed by atoms with E-state index in [1.165, 1.54) is 33.4 Å². The molecule has 1 aromatic heterocycles. The van der Waals surface area contributed by atoms with Crippen LogP contribution in [0.15, 0.2) is 24.3 Å². The molecule has 1 aliphatic heterocycles. The third kappa shape index (κ3) is 2.94. The lowest BCUT2D eigenvalue weighted by Crippen LogP contribution is -2.29. The van der Waals surface area contributed by atoms with E-state index in [2.05, 4.69) is 44.6 Å². The van der Waals surface area contributed by atoms with E-state index in [9.17, 15) is 4.79 Å². The van der Waals surface area contributed by atoms with Gasteiger partial charge in [-0.15, -0.1) is 11.8 Å². The van der Waals surface area contributed by atoms with Crippen molar-refractivity contribution in [2.75, 3.05) is 5.75 Å². The van der Waals surface area contributed by atoms with E-state index in [1.807, 2.05) is 29.2 Å². The molecule has 4 rings (SSSR count). The quantitative estimate of drug-likeness (QED) is 0.706. The zero-order chi connectivity index (χ0) is 19.3. The van der Waals surface area contributed by atoms with Crippen molar-refractivity contribution < 1.29 is 4.79 Å². The van der Waals surface area contributed by atoms with Crippen LogP contribution in [0.2, 0.25) is 0 Å². The molecule has 1 fully saturated rings. The Morgan fingerprint density at radius 1 is 1.04 bits per heavy atom. The number of imidazole rings is 1. The third-order valence-corrected chi connectivity index (χ3v) is 7.25. The van der Waals surface area contributed by atoms with Crippen LogP contribution in [-0.2, 0) is 11.3 Å². The number of hydrogen-bond donors (Lipinski definition) is 1. The minimum atomic E-state index is 0.0451. The van der Waals surface area contributed by atoms with Gasteiger partial charge in [-0.3, -0.25) is 4.79 Å². The lowest BCUT2D eigenvalue weighted by atomic mass is 9.89. The summed E-state index contributed by atoms with van der Waals surface area (Å²) in [6.07, 6.45) is 0. The molecule has 0 radical (unpaired) electrons. The molecule has 1 aliphatic rings. The average molecular weight is 380 g/mol. The number of para-hydroxylation sites is 2. The Labute approximate surface area is 164 Å². The minimum absolute atomic E-state index is 0.0451. The summed E-state index contributed by atoms with van der Waals surface area (Å²) in [7, 11) is 0. The Morgan fingerprint density at radius 2 is 1.67 bits per heavy atom. The van der Waals surface area contributed by atoms with Crippen molar-refractivity contribution in [3.8, 4) is 0 Å². The number of hydrogen-bond acceptors (Lipinski definition) is 3. The highest BCUT2D eigenvalue weighted by atomic mass is 32.2. The van der Waals surface area contributed by atoms with Crippen LogP contribution in [0.5, 0.6) is 0 Å². The first-order valence-corrected chi connectivity index (χ1v) is 10.3. The second kappa shape index (κ2) is 6.71. The van der Waals surface area contributed by atoms with Gasteiger partial charge in [0.1, 0.15) is 11.2 Å². The molecule has 1 saturated heterocycles. The standard InChI is InChI=1S/C22H25N3OS/c1-12-13(2)15(4)21(16(5)14(12)3)22-25(20(26)11-27-22)10-19-23-17-8-6-7-9-18(17)24-19/h6-9,22H,10-11H2,1-5H3,(H,23,24). The molecular weight excluding hydrogens is 354 g/mol. The number of thioether (sulfide) groups is 1. The SMILES string of the molecule is Cc1c(C)c(C)c(C2SCC(=O)N2Cc2nc3ccccc3[nH]2)c(C)c1C. The maximum atomic E-state index is 12.7. The number of benzene rings is 2.